The lowest BCUT2D eigenvalue weighted by Crippen LogP contribution is -2.26. The fraction of sp³-hybridized carbons (Fsp3) is 0.846. The summed E-state index contributed by atoms with van der Waals surface area (Å²) >= 11 is 0. The second-order valence-corrected chi connectivity index (χ2v) is 5.53. The molecule has 0 radical (unpaired) electrons. The molecule has 1 heteroatoms. The predicted octanol–water partition coefficient (Wildman–Crippen LogP) is 3.81. The van der Waals surface area contributed by atoms with Gasteiger partial charge < -0.3 is 4.48 Å². The van der Waals surface area contributed by atoms with E-state index in [1.54, 1.807) is 0 Å². The summed E-state index contributed by atoms with van der Waals surface area (Å²) in [5.74, 6) is 0.872. The molecule has 0 unspecified atom stereocenters. The van der Waals surface area contributed by atoms with E-state index in [4.69, 9.17) is 0 Å². The van der Waals surface area contributed by atoms with E-state index in [1.807, 2.05) is 0 Å². The summed E-state index contributed by atoms with van der Waals surface area (Å²) in [5, 5.41) is 0. The molecule has 0 aromatic heterocycles. The van der Waals surface area contributed by atoms with Gasteiger partial charge in [-0.05, 0) is 24.8 Å². The zero-order valence-corrected chi connectivity index (χ0v) is 10.7. The maximum atomic E-state index is 2.31. The molecule has 84 valence electrons. The number of nitrogens with zero attached hydrogens (tertiary/aromatic N) is 1. The van der Waals surface area contributed by atoms with Crippen molar-refractivity contribution in [2.24, 2.45) is 5.92 Å². The Morgan fingerprint density at radius 2 is 1.64 bits per heavy atom. The van der Waals surface area contributed by atoms with Gasteiger partial charge in [0.1, 0.15) is 0 Å². The predicted molar refractivity (Wildman–Crippen MR) is 65.1 cm³/mol. The highest BCUT2D eigenvalue weighted by Crippen LogP contribution is 2.09. The number of allylic oxidation sites excluding steroid dienone is 1. The number of quaternary nitrogens is 1. The Bertz CT molecular complexity index is 151. The van der Waals surface area contributed by atoms with Crippen molar-refractivity contribution in [1.29, 1.82) is 0 Å². The van der Waals surface area contributed by atoms with E-state index in [9.17, 15) is 0 Å². The van der Waals surface area contributed by atoms with Crippen molar-refractivity contribution in [3.05, 3.63) is 12.3 Å². The van der Waals surface area contributed by atoms with Crippen molar-refractivity contribution in [1.82, 2.24) is 0 Å². The van der Waals surface area contributed by atoms with Gasteiger partial charge in [-0.2, -0.15) is 0 Å². The molecular weight excluding hydrogens is 170 g/mol. The van der Waals surface area contributed by atoms with E-state index in [2.05, 4.69) is 47.3 Å². The zero-order valence-electron chi connectivity index (χ0n) is 10.7. The molecule has 0 N–H and O–H groups in total. The van der Waals surface area contributed by atoms with Crippen LogP contribution in [-0.4, -0.2) is 25.6 Å². The van der Waals surface area contributed by atoms with Crippen LogP contribution < -0.4 is 0 Å². The molecule has 14 heavy (non-hydrogen) atoms. The van der Waals surface area contributed by atoms with Crippen molar-refractivity contribution >= 4 is 0 Å². The largest absolute Gasteiger partial charge is 0.305 e. The molecule has 0 aliphatic rings. The first kappa shape index (κ1) is 13.7. The average molecular weight is 198 g/mol. The maximum absolute atomic E-state index is 2.31. The van der Waals surface area contributed by atoms with Crippen LogP contribution in [0.3, 0.4) is 0 Å². The van der Waals surface area contributed by atoms with Gasteiger partial charge in [0.05, 0.1) is 27.3 Å². The van der Waals surface area contributed by atoms with E-state index in [1.165, 1.54) is 32.1 Å². The Kier molecular flexibility index (Phi) is 6.90. The maximum Gasteiger partial charge on any atom is 0.0911 e. The van der Waals surface area contributed by atoms with Gasteiger partial charge >= 0.3 is 0 Å². The molecule has 0 aliphatic heterocycles. The molecule has 0 rings (SSSR count). The fourth-order valence-corrected chi connectivity index (χ4v) is 1.38. The van der Waals surface area contributed by atoms with Gasteiger partial charge in [0.15, 0.2) is 0 Å². The normalized spacial score (nSPS) is 13.0. The monoisotopic (exact) mass is 198 g/mol. The molecule has 0 heterocycles. The smallest absolute Gasteiger partial charge is 0.0911 e. The third-order valence-corrected chi connectivity index (χ3v) is 2.20. The molecule has 0 aliphatic carbocycles. The fourth-order valence-electron chi connectivity index (χ4n) is 1.38. The van der Waals surface area contributed by atoms with Crippen molar-refractivity contribution in [2.75, 3.05) is 21.1 Å². The first-order chi connectivity index (χ1) is 6.42. The summed E-state index contributed by atoms with van der Waals surface area (Å²) in [7, 11) is 6.57. The summed E-state index contributed by atoms with van der Waals surface area (Å²) in [6.45, 7) is 4.61. The van der Waals surface area contributed by atoms with Crippen LogP contribution in [0.15, 0.2) is 12.3 Å². The average Bonchev–Trinajstić information content (AvgIpc) is 2.00. The van der Waals surface area contributed by atoms with E-state index >= 15 is 0 Å². The Morgan fingerprint density at radius 1 is 1.00 bits per heavy atom. The number of hydrogen-bond donors (Lipinski definition) is 0. The van der Waals surface area contributed by atoms with Crippen LogP contribution >= 0.6 is 0 Å². The quantitative estimate of drug-likeness (QED) is 0.431. The van der Waals surface area contributed by atoms with Crippen LogP contribution in [0.2, 0.25) is 0 Å². The van der Waals surface area contributed by atoms with Crippen LogP contribution in [0.5, 0.6) is 0 Å². The van der Waals surface area contributed by atoms with Crippen LogP contribution in [-0.2, 0) is 0 Å². The molecule has 0 amide bonds. The highest BCUT2D eigenvalue weighted by atomic mass is 15.3. The number of unbranched alkanes of at least 4 members (excludes halogenated alkanes) is 3. The van der Waals surface area contributed by atoms with Gasteiger partial charge in [0.2, 0.25) is 0 Å². The van der Waals surface area contributed by atoms with Crippen molar-refractivity contribution in [3.63, 3.8) is 0 Å². The second-order valence-electron chi connectivity index (χ2n) is 5.53. The third kappa shape index (κ3) is 11.7. The topological polar surface area (TPSA) is 0 Å². The van der Waals surface area contributed by atoms with Gasteiger partial charge in [-0.1, -0.05) is 33.1 Å². The first-order valence-electron chi connectivity index (χ1n) is 5.90. The summed E-state index contributed by atoms with van der Waals surface area (Å²) in [6.07, 6.45) is 11.4. The minimum atomic E-state index is 0.872. The van der Waals surface area contributed by atoms with E-state index in [0.29, 0.717) is 0 Å². The molecule has 1 nitrogen and oxygen atoms in total. The zero-order chi connectivity index (χ0) is 11.0. The molecule has 0 bridgehead atoms. The van der Waals surface area contributed by atoms with Crippen LogP contribution in [0.4, 0.5) is 0 Å². The standard InChI is InChI=1S/C13H28N/c1-13(2)11-9-7-6-8-10-12-14(3,4)5/h10,12-13H,6-9,11H2,1-5H3/q+1. The number of hydrogen-bond acceptors (Lipinski definition) is 0. The lowest BCUT2D eigenvalue weighted by Gasteiger charge is -2.17. The molecule has 0 atom stereocenters. The lowest BCUT2D eigenvalue weighted by atomic mass is 10.0. The minimum Gasteiger partial charge on any atom is -0.305 e. The van der Waals surface area contributed by atoms with Crippen molar-refractivity contribution in [2.45, 2.75) is 46.0 Å². The lowest BCUT2D eigenvalue weighted by molar-refractivity contribution is -0.817. The Hall–Kier alpha value is -0.300. The second kappa shape index (κ2) is 7.05. The molecule has 0 saturated heterocycles. The van der Waals surface area contributed by atoms with Gasteiger partial charge in [-0.15, -0.1) is 0 Å². The van der Waals surface area contributed by atoms with Crippen molar-refractivity contribution < 1.29 is 4.48 Å². The molecule has 0 aromatic carbocycles. The number of rotatable bonds is 7. The summed E-state index contributed by atoms with van der Waals surface area (Å²) < 4.78 is 0.937. The molecular formula is C13H28N+. The Balaban J connectivity index is 3.26. The Labute approximate surface area is 90.4 Å². The van der Waals surface area contributed by atoms with E-state index < -0.39 is 0 Å². The highest BCUT2D eigenvalue weighted by Gasteiger charge is 1.98. The third-order valence-electron chi connectivity index (χ3n) is 2.20. The van der Waals surface area contributed by atoms with Crippen LogP contribution in [0.1, 0.15) is 46.0 Å². The van der Waals surface area contributed by atoms with E-state index in [-0.39, 0.29) is 0 Å². The van der Waals surface area contributed by atoms with Gasteiger partial charge in [0.25, 0.3) is 0 Å². The van der Waals surface area contributed by atoms with Crippen LogP contribution in [0, 0.1) is 5.92 Å². The summed E-state index contributed by atoms with van der Waals surface area (Å²) in [4.78, 5) is 0. The summed E-state index contributed by atoms with van der Waals surface area (Å²) in [5.41, 5.74) is 0. The first-order valence-corrected chi connectivity index (χ1v) is 5.90. The minimum absolute atomic E-state index is 0.872. The molecule has 0 spiro atoms. The van der Waals surface area contributed by atoms with E-state index in [0.717, 1.165) is 10.4 Å². The van der Waals surface area contributed by atoms with Crippen LogP contribution in [0.25, 0.3) is 0 Å². The SMILES string of the molecule is CC(C)CCCCCC=C[N+](C)(C)C. The van der Waals surface area contributed by atoms with Gasteiger partial charge in [0, 0.05) is 0 Å². The Morgan fingerprint density at radius 3 is 2.14 bits per heavy atom. The van der Waals surface area contributed by atoms with Gasteiger partial charge in [-0.25, -0.2) is 0 Å². The van der Waals surface area contributed by atoms with Crippen molar-refractivity contribution in [3.8, 4) is 0 Å². The summed E-state index contributed by atoms with van der Waals surface area (Å²) in [6, 6.07) is 0. The molecule has 0 fully saturated rings. The molecule has 0 saturated carbocycles. The highest BCUT2D eigenvalue weighted by molar-refractivity contribution is 4.73. The van der Waals surface area contributed by atoms with Gasteiger partial charge in [-0.3, -0.25) is 0 Å². The molecule has 0 aromatic rings.